The van der Waals surface area contributed by atoms with Gasteiger partial charge < -0.3 is 5.32 Å². The first-order valence-corrected chi connectivity index (χ1v) is 7.78. The molecule has 0 aliphatic carbocycles. The molecule has 6 heteroatoms. The fourth-order valence-electron chi connectivity index (χ4n) is 1.58. The lowest BCUT2D eigenvalue weighted by molar-refractivity contribution is 0.572. The van der Waals surface area contributed by atoms with Crippen LogP contribution in [-0.2, 0) is 10.0 Å². The topological polar surface area (TPSA) is 71.1 Å². The third kappa shape index (κ3) is 4.27. The lowest BCUT2D eigenvalue weighted by Gasteiger charge is -2.10. The van der Waals surface area contributed by atoms with Crippen LogP contribution >= 0.6 is 0 Å². The van der Waals surface area contributed by atoms with Crippen molar-refractivity contribution in [3.05, 3.63) is 18.3 Å². The number of anilines is 1. The Balaban J connectivity index is 2.77. The number of sulfonamides is 1. The maximum absolute atomic E-state index is 12.1. The van der Waals surface area contributed by atoms with Gasteiger partial charge in [0.2, 0.25) is 0 Å². The number of nitrogens with one attached hydrogen (secondary N) is 2. The first kappa shape index (κ1) is 14.9. The van der Waals surface area contributed by atoms with Gasteiger partial charge in [0.05, 0.1) is 5.69 Å². The smallest absolute Gasteiger partial charge is 0.260 e. The summed E-state index contributed by atoms with van der Waals surface area (Å²) in [4.78, 5) is 3.95. The maximum atomic E-state index is 12.1. The van der Waals surface area contributed by atoms with E-state index in [0.717, 1.165) is 19.3 Å². The highest BCUT2D eigenvalue weighted by molar-refractivity contribution is 7.89. The molecular formula is C12H21N3O2S. The Hall–Kier alpha value is -1.14. The molecule has 18 heavy (non-hydrogen) atoms. The summed E-state index contributed by atoms with van der Waals surface area (Å²) in [6.45, 7) is 5.11. The van der Waals surface area contributed by atoms with E-state index in [1.165, 1.54) is 6.20 Å². The highest BCUT2D eigenvalue weighted by Crippen LogP contribution is 2.17. The molecule has 0 bridgehead atoms. The first-order chi connectivity index (χ1) is 8.61. The molecule has 0 saturated heterocycles. The van der Waals surface area contributed by atoms with Gasteiger partial charge in [0.25, 0.3) is 10.0 Å². The second-order valence-electron chi connectivity index (χ2n) is 3.99. The molecule has 1 rings (SSSR count). The highest BCUT2D eigenvalue weighted by atomic mass is 32.2. The number of unbranched alkanes of at least 4 members (excludes halogenated alkanes) is 2. The number of pyridine rings is 1. The van der Waals surface area contributed by atoms with Crippen molar-refractivity contribution in [2.45, 2.75) is 38.1 Å². The third-order valence-electron chi connectivity index (χ3n) is 2.47. The van der Waals surface area contributed by atoms with Gasteiger partial charge in [-0.25, -0.2) is 18.1 Å². The standard InChI is InChI=1S/C12H21N3O2S/c1-3-5-6-10-15-18(16,17)12-11(13-4-2)8-7-9-14-12/h7-9,13,15H,3-6,10H2,1-2H3. The second-order valence-corrected chi connectivity index (χ2v) is 5.67. The zero-order valence-corrected chi connectivity index (χ0v) is 11.8. The maximum Gasteiger partial charge on any atom is 0.260 e. The summed E-state index contributed by atoms with van der Waals surface area (Å²) in [5.41, 5.74) is 0.544. The predicted molar refractivity (Wildman–Crippen MR) is 73.1 cm³/mol. The molecule has 0 saturated carbocycles. The summed E-state index contributed by atoms with van der Waals surface area (Å²) in [6, 6.07) is 3.44. The van der Waals surface area contributed by atoms with Gasteiger partial charge in [-0.2, -0.15) is 0 Å². The fourth-order valence-corrected chi connectivity index (χ4v) is 2.76. The van der Waals surface area contributed by atoms with Crippen molar-refractivity contribution in [1.29, 1.82) is 0 Å². The summed E-state index contributed by atoms with van der Waals surface area (Å²) in [7, 11) is -3.52. The van der Waals surface area contributed by atoms with Gasteiger partial charge in [0.15, 0.2) is 5.03 Å². The predicted octanol–water partition coefficient (Wildman–Crippen LogP) is 1.98. The first-order valence-electron chi connectivity index (χ1n) is 6.30. The largest absolute Gasteiger partial charge is 0.383 e. The third-order valence-corrected chi connectivity index (χ3v) is 3.88. The molecule has 0 amide bonds. The Morgan fingerprint density at radius 2 is 2.06 bits per heavy atom. The average molecular weight is 271 g/mol. The zero-order valence-electron chi connectivity index (χ0n) is 10.9. The Bertz CT molecular complexity index is 460. The molecule has 1 aromatic heterocycles. The minimum atomic E-state index is -3.52. The second kappa shape index (κ2) is 7.33. The van der Waals surface area contributed by atoms with Crippen LogP contribution in [-0.4, -0.2) is 26.5 Å². The number of hydrogen-bond donors (Lipinski definition) is 2. The Labute approximate surface area is 109 Å². The number of hydrogen-bond acceptors (Lipinski definition) is 4. The Kier molecular flexibility index (Phi) is 6.07. The van der Waals surface area contributed by atoms with E-state index in [9.17, 15) is 8.42 Å². The number of nitrogens with zero attached hydrogens (tertiary/aromatic N) is 1. The van der Waals surface area contributed by atoms with Gasteiger partial charge in [-0.3, -0.25) is 0 Å². The molecule has 0 aliphatic heterocycles. The molecule has 0 aliphatic rings. The molecule has 0 atom stereocenters. The Morgan fingerprint density at radius 1 is 1.28 bits per heavy atom. The van der Waals surface area contributed by atoms with Crippen LogP contribution in [0.5, 0.6) is 0 Å². The van der Waals surface area contributed by atoms with Crippen molar-refractivity contribution >= 4 is 15.7 Å². The van der Waals surface area contributed by atoms with Crippen molar-refractivity contribution in [2.75, 3.05) is 18.4 Å². The minimum Gasteiger partial charge on any atom is -0.383 e. The SMILES string of the molecule is CCCCCNS(=O)(=O)c1ncccc1NCC. The van der Waals surface area contributed by atoms with Crippen LogP contribution in [0.4, 0.5) is 5.69 Å². The van der Waals surface area contributed by atoms with Crippen molar-refractivity contribution < 1.29 is 8.42 Å². The van der Waals surface area contributed by atoms with Crippen molar-refractivity contribution in [3.63, 3.8) is 0 Å². The molecule has 2 N–H and O–H groups in total. The van der Waals surface area contributed by atoms with Crippen LogP contribution in [0.3, 0.4) is 0 Å². The molecule has 0 aromatic carbocycles. The minimum absolute atomic E-state index is 0.0725. The van der Waals surface area contributed by atoms with E-state index in [-0.39, 0.29) is 5.03 Å². The lowest BCUT2D eigenvalue weighted by Crippen LogP contribution is -2.26. The van der Waals surface area contributed by atoms with E-state index in [0.29, 0.717) is 18.8 Å². The number of aromatic nitrogens is 1. The molecule has 0 fully saturated rings. The van der Waals surface area contributed by atoms with Gasteiger partial charge in [-0.15, -0.1) is 0 Å². The summed E-state index contributed by atoms with van der Waals surface area (Å²) >= 11 is 0. The summed E-state index contributed by atoms with van der Waals surface area (Å²) in [6.07, 6.45) is 4.42. The quantitative estimate of drug-likeness (QED) is 0.709. The average Bonchev–Trinajstić information content (AvgIpc) is 2.36. The molecule has 1 aromatic rings. The normalized spacial score (nSPS) is 11.4. The van der Waals surface area contributed by atoms with E-state index in [2.05, 4.69) is 21.9 Å². The van der Waals surface area contributed by atoms with Crippen LogP contribution in [0.1, 0.15) is 33.1 Å². The van der Waals surface area contributed by atoms with Gasteiger partial charge >= 0.3 is 0 Å². The molecule has 5 nitrogen and oxygen atoms in total. The van der Waals surface area contributed by atoms with Crippen LogP contribution in [0, 0.1) is 0 Å². The van der Waals surface area contributed by atoms with Gasteiger partial charge in [-0.05, 0) is 25.5 Å². The molecule has 0 unspecified atom stereocenters. The van der Waals surface area contributed by atoms with Crippen LogP contribution in [0.2, 0.25) is 0 Å². The molecule has 0 spiro atoms. The molecule has 1 heterocycles. The highest BCUT2D eigenvalue weighted by Gasteiger charge is 2.18. The van der Waals surface area contributed by atoms with E-state index >= 15 is 0 Å². The zero-order chi connectivity index (χ0) is 13.4. The Morgan fingerprint density at radius 3 is 2.72 bits per heavy atom. The van der Waals surface area contributed by atoms with Crippen LogP contribution in [0.25, 0.3) is 0 Å². The van der Waals surface area contributed by atoms with Gasteiger partial charge in [0, 0.05) is 19.3 Å². The number of rotatable bonds is 8. The van der Waals surface area contributed by atoms with E-state index in [1.807, 2.05) is 6.92 Å². The monoisotopic (exact) mass is 271 g/mol. The van der Waals surface area contributed by atoms with Crippen molar-refractivity contribution in [2.24, 2.45) is 0 Å². The van der Waals surface area contributed by atoms with Crippen LogP contribution in [0.15, 0.2) is 23.4 Å². The summed E-state index contributed by atoms with van der Waals surface area (Å²) in [5, 5.41) is 3.07. The summed E-state index contributed by atoms with van der Waals surface area (Å²) in [5.74, 6) is 0. The van der Waals surface area contributed by atoms with Crippen molar-refractivity contribution in [3.8, 4) is 0 Å². The summed E-state index contributed by atoms with van der Waals surface area (Å²) < 4.78 is 26.7. The molecular weight excluding hydrogens is 250 g/mol. The fraction of sp³-hybridized carbons (Fsp3) is 0.583. The van der Waals surface area contributed by atoms with Crippen LogP contribution < -0.4 is 10.0 Å². The lowest BCUT2D eigenvalue weighted by atomic mass is 10.3. The van der Waals surface area contributed by atoms with Gasteiger partial charge in [-0.1, -0.05) is 19.8 Å². The molecule has 0 radical (unpaired) electrons. The van der Waals surface area contributed by atoms with Crippen molar-refractivity contribution in [1.82, 2.24) is 9.71 Å². The molecule has 102 valence electrons. The van der Waals surface area contributed by atoms with E-state index in [1.54, 1.807) is 12.1 Å². The van der Waals surface area contributed by atoms with Gasteiger partial charge in [0.1, 0.15) is 0 Å². The van der Waals surface area contributed by atoms with E-state index < -0.39 is 10.0 Å². The van der Waals surface area contributed by atoms with E-state index in [4.69, 9.17) is 0 Å².